The van der Waals surface area contributed by atoms with Gasteiger partial charge in [0.2, 0.25) is 5.95 Å². The van der Waals surface area contributed by atoms with Crippen LogP contribution in [0.5, 0.6) is 0 Å². The van der Waals surface area contributed by atoms with Crippen LogP contribution in [0.1, 0.15) is 21.1 Å². The van der Waals surface area contributed by atoms with Gasteiger partial charge >= 0.3 is 6.18 Å². The van der Waals surface area contributed by atoms with Gasteiger partial charge in [-0.2, -0.15) is 13.2 Å². The molecule has 2 N–H and O–H groups in total. The Balaban J connectivity index is 1.83. The minimum absolute atomic E-state index is 0.142. The SMILES string of the molecule is C=C(F)CNC(=O)c1ncc(-c2cc(C)cc(Nc3nccc(C(F)(F)F)n3)c2)s1. The highest BCUT2D eigenvalue weighted by Crippen LogP contribution is 2.31. The van der Waals surface area contributed by atoms with E-state index in [4.69, 9.17) is 0 Å². The molecule has 0 aliphatic heterocycles. The highest BCUT2D eigenvalue weighted by atomic mass is 32.1. The maximum Gasteiger partial charge on any atom is 0.433 e. The lowest BCUT2D eigenvalue weighted by Crippen LogP contribution is -2.24. The van der Waals surface area contributed by atoms with E-state index < -0.39 is 23.6 Å². The van der Waals surface area contributed by atoms with Gasteiger partial charge in [-0.05, 0) is 36.2 Å². The summed E-state index contributed by atoms with van der Waals surface area (Å²) in [6.07, 6.45) is -2.07. The first-order valence-electron chi connectivity index (χ1n) is 8.48. The third kappa shape index (κ3) is 5.38. The maximum absolute atomic E-state index is 12.8. The predicted molar refractivity (Wildman–Crippen MR) is 105 cm³/mol. The number of aromatic nitrogens is 3. The number of hydrogen-bond donors (Lipinski definition) is 2. The summed E-state index contributed by atoms with van der Waals surface area (Å²) in [5, 5.41) is 5.25. The molecule has 30 heavy (non-hydrogen) atoms. The molecule has 0 atom stereocenters. The van der Waals surface area contributed by atoms with Crippen LogP contribution in [0.2, 0.25) is 0 Å². The zero-order valence-electron chi connectivity index (χ0n) is 15.5. The number of carbonyl (C=O) groups excluding carboxylic acids is 1. The van der Waals surface area contributed by atoms with Gasteiger partial charge in [-0.3, -0.25) is 4.79 Å². The molecular weight excluding hydrogens is 422 g/mol. The molecule has 3 aromatic rings. The van der Waals surface area contributed by atoms with E-state index in [0.29, 0.717) is 16.1 Å². The summed E-state index contributed by atoms with van der Waals surface area (Å²) < 4.78 is 51.2. The number of anilines is 2. The van der Waals surface area contributed by atoms with Gasteiger partial charge in [-0.15, -0.1) is 11.3 Å². The highest BCUT2D eigenvalue weighted by Gasteiger charge is 2.32. The van der Waals surface area contributed by atoms with Crippen LogP contribution in [-0.2, 0) is 6.18 Å². The van der Waals surface area contributed by atoms with Crippen LogP contribution in [0.25, 0.3) is 10.4 Å². The molecule has 0 fully saturated rings. The number of amides is 1. The fourth-order valence-corrected chi connectivity index (χ4v) is 3.29. The van der Waals surface area contributed by atoms with E-state index in [1.807, 2.05) is 13.0 Å². The topological polar surface area (TPSA) is 79.8 Å². The Kier molecular flexibility index (Phi) is 6.11. The number of carbonyl (C=O) groups is 1. The van der Waals surface area contributed by atoms with Crippen molar-refractivity contribution in [3.8, 4) is 10.4 Å². The van der Waals surface area contributed by atoms with Gasteiger partial charge in [0.1, 0.15) is 11.5 Å². The Morgan fingerprint density at radius 1 is 1.23 bits per heavy atom. The van der Waals surface area contributed by atoms with Gasteiger partial charge in [0.25, 0.3) is 5.91 Å². The number of aryl methyl sites for hydroxylation is 1. The van der Waals surface area contributed by atoms with Crippen molar-refractivity contribution in [2.75, 3.05) is 11.9 Å². The molecule has 2 aromatic heterocycles. The van der Waals surface area contributed by atoms with E-state index in [1.54, 1.807) is 12.1 Å². The molecule has 1 aromatic carbocycles. The van der Waals surface area contributed by atoms with Crippen molar-refractivity contribution < 1.29 is 22.4 Å². The van der Waals surface area contributed by atoms with E-state index in [0.717, 1.165) is 29.2 Å². The van der Waals surface area contributed by atoms with Gasteiger partial charge in [-0.25, -0.2) is 19.3 Å². The summed E-state index contributed by atoms with van der Waals surface area (Å²) in [6, 6.07) is 6.01. The first-order chi connectivity index (χ1) is 14.1. The van der Waals surface area contributed by atoms with Crippen molar-refractivity contribution in [2.24, 2.45) is 0 Å². The van der Waals surface area contributed by atoms with Gasteiger partial charge < -0.3 is 10.6 Å². The van der Waals surface area contributed by atoms with Crippen LogP contribution >= 0.6 is 11.3 Å². The first kappa shape index (κ1) is 21.4. The van der Waals surface area contributed by atoms with Crippen LogP contribution in [0.4, 0.5) is 29.2 Å². The minimum Gasteiger partial charge on any atom is -0.344 e. The fraction of sp³-hybridized carbons (Fsp3) is 0.158. The monoisotopic (exact) mass is 437 g/mol. The summed E-state index contributed by atoms with van der Waals surface area (Å²) in [5.74, 6) is -1.41. The van der Waals surface area contributed by atoms with Crippen LogP contribution < -0.4 is 10.6 Å². The number of rotatable bonds is 6. The van der Waals surface area contributed by atoms with Gasteiger partial charge in [0.05, 0.1) is 11.4 Å². The Hall–Kier alpha value is -3.34. The van der Waals surface area contributed by atoms with Crippen molar-refractivity contribution in [3.05, 3.63) is 65.3 Å². The second-order valence-electron chi connectivity index (χ2n) is 6.21. The van der Waals surface area contributed by atoms with Crippen molar-refractivity contribution in [1.29, 1.82) is 0 Å². The fourth-order valence-electron chi connectivity index (χ4n) is 2.47. The average molecular weight is 437 g/mol. The van der Waals surface area contributed by atoms with Crippen LogP contribution in [0.3, 0.4) is 0 Å². The number of alkyl halides is 3. The second kappa shape index (κ2) is 8.57. The van der Waals surface area contributed by atoms with Crippen molar-refractivity contribution in [3.63, 3.8) is 0 Å². The van der Waals surface area contributed by atoms with Crippen molar-refractivity contribution >= 4 is 28.9 Å². The van der Waals surface area contributed by atoms with Crippen molar-refractivity contribution in [1.82, 2.24) is 20.3 Å². The zero-order valence-corrected chi connectivity index (χ0v) is 16.4. The lowest BCUT2D eigenvalue weighted by Gasteiger charge is -2.10. The lowest BCUT2D eigenvalue weighted by molar-refractivity contribution is -0.141. The molecule has 11 heteroatoms. The minimum atomic E-state index is -4.58. The molecule has 0 bridgehead atoms. The largest absolute Gasteiger partial charge is 0.433 e. The molecule has 3 rings (SSSR count). The van der Waals surface area contributed by atoms with E-state index in [1.165, 1.54) is 6.20 Å². The van der Waals surface area contributed by atoms with Crippen LogP contribution in [0.15, 0.2) is 49.1 Å². The molecule has 0 aliphatic carbocycles. The number of thiazole rings is 1. The average Bonchev–Trinajstić information content (AvgIpc) is 3.15. The first-order valence-corrected chi connectivity index (χ1v) is 9.30. The maximum atomic E-state index is 12.8. The number of hydrogen-bond acceptors (Lipinski definition) is 6. The molecule has 0 spiro atoms. The quantitative estimate of drug-likeness (QED) is 0.537. The Bertz CT molecular complexity index is 1100. The third-order valence-corrected chi connectivity index (χ3v) is 4.75. The van der Waals surface area contributed by atoms with E-state index >= 15 is 0 Å². The van der Waals surface area contributed by atoms with Gasteiger partial charge in [0.15, 0.2) is 5.01 Å². The smallest absolute Gasteiger partial charge is 0.344 e. The number of benzene rings is 1. The van der Waals surface area contributed by atoms with E-state index in [-0.39, 0.29) is 17.5 Å². The molecule has 2 heterocycles. The standard InChI is InChI=1S/C19H15F4N5OS/c1-10-5-12(14-9-26-17(30-14)16(29)25-8-11(2)20)7-13(6-10)27-18-24-4-3-15(28-18)19(21,22)23/h3-7,9H,2,8H2,1H3,(H,25,29)(H,24,27,28). The summed E-state index contributed by atoms with van der Waals surface area (Å²) in [4.78, 5) is 24.0. The Morgan fingerprint density at radius 3 is 2.70 bits per heavy atom. The van der Waals surface area contributed by atoms with Crippen molar-refractivity contribution in [2.45, 2.75) is 13.1 Å². The lowest BCUT2D eigenvalue weighted by atomic mass is 10.1. The summed E-state index contributed by atoms with van der Waals surface area (Å²) in [7, 11) is 0. The van der Waals surface area contributed by atoms with Gasteiger partial charge in [-0.1, -0.05) is 12.6 Å². The number of nitrogens with one attached hydrogen (secondary N) is 2. The summed E-state index contributed by atoms with van der Waals surface area (Å²) in [5.41, 5.74) is 0.922. The molecule has 1 amide bonds. The number of nitrogens with zero attached hydrogens (tertiary/aromatic N) is 3. The molecule has 0 saturated heterocycles. The third-order valence-electron chi connectivity index (χ3n) is 3.70. The Labute approximate surface area is 172 Å². The number of halogens is 4. The van der Waals surface area contributed by atoms with Crippen LogP contribution in [-0.4, -0.2) is 27.4 Å². The predicted octanol–water partition coefficient (Wildman–Crippen LogP) is 4.88. The van der Waals surface area contributed by atoms with E-state index in [9.17, 15) is 22.4 Å². The molecule has 0 saturated carbocycles. The summed E-state index contributed by atoms with van der Waals surface area (Å²) in [6.45, 7) is 4.57. The van der Waals surface area contributed by atoms with Gasteiger partial charge in [0, 0.05) is 18.1 Å². The molecular formula is C19H15F4N5OS. The normalized spacial score (nSPS) is 11.2. The summed E-state index contributed by atoms with van der Waals surface area (Å²) >= 11 is 1.09. The highest BCUT2D eigenvalue weighted by molar-refractivity contribution is 7.17. The van der Waals surface area contributed by atoms with Crippen LogP contribution in [0, 0.1) is 6.92 Å². The molecule has 6 nitrogen and oxygen atoms in total. The molecule has 0 unspecified atom stereocenters. The molecule has 0 aliphatic rings. The van der Waals surface area contributed by atoms with E-state index in [2.05, 4.69) is 32.2 Å². The molecule has 156 valence electrons. The molecule has 0 radical (unpaired) electrons. The Morgan fingerprint density at radius 2 is 2.00 bits per heavy atom. The zero-order chi connectivity index (χ0) is 21.9. The second-order valence-corrected chi connectivity index (χ2v) is 7.24.